The van der Waals surface area contributed by atoms with Gasteiger partial charge in [-0.25, -0.2) is 0 Å². The van der Waals surface area contributed by atoms with Crippen molar-refractivity contribution in [3.63, 3.8) is 0 Å². The minimum absolute atomic E-state index is 0.0274. The van der Waals surface area contributed by atoms with Crippen LogP contribution in [0.3, 0.4) is 0 Å². The molecule has 0 radical (unpaired) electrons. The van der Waals surface area contributed by atoms with Gasteiger partial charge in [0.25, 0.3) is 0 Å². The van der Waals surface area contributed by atoms with Gasteiger partial charge in [0.2, 0.25) is 5.91 Å². The highest BCUT2D eigenvalue weighted by Gasteiger charge is 2.15. The fourth-order valence-electron chi connectivity index (χ4n) is 1.38. The van der Waals surface area contributed by atoms with Crippen LogP contribution in [-0.4, -0.2) is 18.0 Å². The Labute approximate surface area is 121 Å². The zero-order valence-corrected chi connectivity index (χ0v) is 13.1. The number of hydrogen-bond acceptors (Lipinski definition) is 2. The highest BCUT2D eigenvalue weighted by Crippen LogP contribution is 2.26. The van der Waals surface area contributed by atoms with Crippen molar-refractivity contribution in [1.29, 1.82) is 0 Å². The second-order valence-corrected chi connectivity index (χ2v) is 5.63. The molecule has 0 aliphatic carbocycles. The van der Waals surface area contributed by atoms with Crippen LogP contribution in [0.5, 0.6) is 0 Å². The van der Waals surface area contributed by atoms with Crippen molar-refractivity contribution in [3.8, 4) is 0 Å². The maximum atomic E-state index is 11.9. The third-order valence-electron chi connectivity index (χ3n) is 2.69. The summed E-state index contributed by atoms with van der Waals surface area (Å²) in [5.41, 5.74) is 0.748. The average molecular weight is 334 g/mol. The quantitative estimate of drug-likeness (QED) is 0.860. The third kappa shape index (κ3) is 4.50. The molecule has 0 aliphatic rings. The van der Waals surface area contributed by atoms with Crippen molar-refractivity contribution >= 4 is 39.1 Å². The molecule has 2 unspecified atom stereocenters. The van der Waals surface area contributed by atoms with E-state index in [1.807, 2.05) is 32.9 Å². The minimum atomic E-state index is -0.328. The third-order valence-corrected chi connectivity index (χ3v) is 3.52. The average Bonchev–Trinajstić information content (AvgIpc) is 2.33. The summed E-state index contributed by atoms with van der Waals surface area (Å²) in [4.78, 5) is 11.9. The Morgan fingerprint density at radius 3 is 2.72 bits per heavy atom. The number of carbonyl (C=O) groups is 1. The van der Waals surface area contributed by atoms with Gasteiger partial charge >= 0.3 is 0 Å². The van der Waals surface area contributed by atoms with Gasteiger partial charge in [0.15, 0.2) is 0 Å². The van der Waals surface area contributed by atoms with Gasteiger partial charge in [-0.3, -0.25) is 4.79 Å². The van der Waals surface area contributed by atoms with Crippen LogP contribution in [0.4, 0.5) is 5.69 Å². The van der Waals surface area contributed by atoms with Crippen molar-refractivity contribution in [3.05, 3.63) is 27.7 Å². The molecule has 0 saturated carbocycles. The smallest absolute Gasteiger partial charge is 0.242 e. The van der Waals surface area contributed by atoms with Gasteiger partial charge < -0.3 is 10.6 Å². The number of carbonyl (C=O) groups excluding carboxylic acids is 1. The first-order valence-corrected chi connectivity index (χ1v) is 7.13. The van der Waals surface area contributed by atoms with Crippen LogP contribution in [0.25, 0.3) is 0 Å². The molecule has 1 aromatic carbocycles. The van der Waals surface area contributed by atoms with Crippen molar-refractivity contribution < 1.29 is 4.79 Å². The van der Waals surface area contributed by atoms with Crippen molar-refractivity contribution in [2.45, 2.75) is 39.3 Å². The SMILES string of the molecule is CCC(C)NC(=O)C(C)Nc1cc(Br)ccc1Cl. The van der Waals surface area contributed by atoms with Crippen LogP contribution in [0.1, 0.15) is 27.2 Å². The van der Waals surface area contributed by atoms with E-state index in [2.05, 4.69) is 26.6 Å². The van der Waals surface area contributed by atoms with E-state index in [0.717, 1.165) is 16.6 Å². The van der Waals surface area contributed by atoms with E-state index in [9.17, 15) is 4.79 Å². The molecule has 0 fully saturated rings. The first-order chi connectivity index (χ1) is 8.43. The van der Waals surface area contributed by atoms with Crippen molar-refractivity contribution in [2.75, 3.05) is 5.32 Å². The van der Waals surface area contributed by atoms with Crippen LogP contribution < -0.4 is 10.6 Å². The highest BCUT2D eigenvalue weighted by atomic mass is 79.9. The molecule has 2 atom stereocenters. The number of nitrogens with one attached hydrogen (secondary N) is 2. The van der Waals surface area contributed by atoms with Crippen LogP contribution in [-0.2, 0) is 4.79 Å². The van der Waals surface area contributed by atoms with E-state index in [4.69, 9.17) is 11.6 Å². The Morgan fingerprint density at radius 1 is 1.44 bits per heavy atom. The van der Waals surface area contributed by atoms with E-state index in [0.29, 0.717) is 5.02 Å². The van der Waals surface area contributed by atoms with Gasteiger partial charge in [-0.1, -0.05) is 34.5 Å². The van der Waals surface area contributed by atoms with Crippen LogP contribution >= 0.6 is 27.5 Å². The largest absolute Gasteiger partial charge is 0.373 e. The Bertz CT molecular complexity index is 425. The maximum Gasteiger partial charge on any atom is 0.242 e. The molecular weight excluding hydrogens is 316 g/mol. The second-order valence-electron chi connectivity index (χ2n) is 4.31. The number of amides is 1. The Hall–Kier alpha value is -0.740. The van der Waals surface area contributed by atoms with Gasteiger partial charge in [-0.15, -0.1) is 0 Å². The fourth-order valence-corrected chi connectivity index (χ4v) is 1.91. The topological polar surface area (TPSA) is 41.1 Å². The summed E-state index contributed by atoms with van der Waals surface area (Å²) in [5.74, 6) is -0.0274. The fraction of sp³-hybridized carbons (Fsp3) is 0.462. The minimum Gasteiger partial charge on any atom is -0.373 e. The molecule has 1 rings (SSSR count). The molecule has 0 aliphatic heterocycles. The maximum absolute atomic E-state index is 11.9. The lowest BCUT2D eigenvalue weighted by Crippen LogP contribution is -2.41. The molecule has 0 saturated heterocycles. The summed E-state index contributed by atoms with van der Waals surface area (Å²) in [6.45, 7) is 5.83. The summed E-state index contributed by atoms with van der Waals surface area (Å²) in [6, 6.07) is 5.35. The molecule has 3 nitrogen and oxygen atoms in total. The zero-order chi connectivity index (χ0) is 13.7. The molecule has 0 heterocycles. The summed E-state index contributed by atoms with van der Waals surface area (Å²) in [6.07, 6.45) is 0.913. The molecular formula is C13H18BrClN2O. The van der Waals surface area contributed by atoms with Gasteiger partial charge in [0, 0.05) is 10.5 Å². The lowest BCUT2D eigenvalue weighted by molar-refractivity contribution is -0.122. The van der Waals surface area contributed by atoms with Crippen LogP contribution in [0, 0.1) is 0 Å². The number of benzene rings is 1. The predicted octanol–water partition coefficient (Wildman–Crippen LogP) is 3.82. The summed E-state index contributed by atoms with van der Waals surface area (Å²) < 4.78 is 0.920. The van der Waals surface area contributed by atoms with E-state index in [-0.39, 0.29) is 18.0 Å². The van der Waals surface area contributed by atoms with Gasteiger partial charge in [0.1, 0.15) is 6.04 Å². The van der Waals surface area contributed by atoms with Gasteiger partial charge in [-0.05, 0) is 38.5 Å². The Morgan fingerprint density at radius 2 is 2.11 bits per heavy atom. The summed E-state index contributed by atoms with van der Waals surface area (Å²) in [5, 5.41) is 6.63. The first-order valence-electron chi connectivity index (χ1n) is 5.96. The molecule has 5 heteroatoms. The van der Waals surface area contributed by atoms with E-state index in [1.165, 1.54) is 0 Å². The number of halogens is 2. The molecule has 18 heavy (non-hydrogen) atoms. The van der Waals surface area contributed by atoms with E-state index < -0.39 is 0 Å². The lowest BCUT2D eigenvalue weighted by Gasteiger charge is -2.19. The summed E-state index contributed by atoms with van der Waals surface area (Å²) in [7, 11) is 0. The molecule has 1 aromatic rings. The van der Waals surface area contributed by atoms with Crippen LogP contribution in [0.2, 0.25) is 5.02 Å². The van der Waals surface area contributed by atoms with Crippen molar-refractivity contribution in [2.24, 2.45) is 0 Å². The Balaban J connectivity index is 2.66. The number of rotatable bonds is 5. The zero-order valence-electron chi connectivity index (χ0n) is 10.8. The predicted molar refractivity (Wildman–Crippen MR) is 80.1 cm³/mol. The van der Waals surface area contributed by atoms with E-state index in [1.54, 1.807) is 6.07 Å². The standard InChI is InChI=1S/C13H18BrClN2O/c1-4-8(2)16-13(18)9(3)17-12-7-10(14)5-6-11(12)15/h5-9,17H,4H2,1-3H3,(H,16,18). The molecule has 2 N–H and O–H groups in total. The second kappa shape index (κ2) is 7.00. The van der Waals surface area contributed by atoms with Crippen molar-refractivity contribution in [1.82, 2.24) is 5.32 Å². The number of anilines is 1. The Kier molecular flexibility index (Phi) is 5.96. The molecule has 0 aromatic heterocycles. The molecule has 1 amide bonds. The van der Waals surface area contributed by atoms with Crippen LogP contribution in [0.15, 0.2) is 22.7 Å². The normalized spacial score (nSPS) is 13.8. The lowest BCUT2D eigenvalue weighted by atomic mass is 10.2. The first kappa shape index (κ1) is 15.3. The monoisotopic (exact) mass is 332 g/mol. The molecule has 0 bridgehead atoms. The number of hydrogen-bond donors (Lipinski definition) is 2. The molecule has 0 spiro atoms. The van der Waals surface area contributed by atoms with E-state index >= 15 is 0 Å². The van der Waals surface area contributed by atoms with Gasteiger partial charge in [-0.2, -0.15) is 0 Å². The molecule has 100 valence electrons. The summed E-state index contributed by atoms with van der Waals surface area (Å²) >= 11 is 9.44. The highest BCUT2D eigenvalue weighted by molar-refractivity contribution is 9.10. The van der Waals surface area contributed by atoms with Gasteiger partial charge in [0.05, 0.1) is 10.7 Å².